The molecule has 3 heterocycles. The van der Waals surface area contributed by atoms with Crippen molar-refractivity contribution < 1.29 is 9.53 Å². The molecule has 0 spiro atoms. The zero-order chi connectivity index (χ0) is 20.5. The molecule has 0 bridgehead atoms. The molecular formula is C21H22ClN5O2. The number of rotatable bonds is 5. The molecule has 1 atom stereocenters. The number of ether oxygens (including phenoxy) is 1. The largest absolute Gasteiger partial charge is 0.493 e. The Balaban J connectivity index is 1.69. The van der Waals surface area contributed by atoms with E-state index in [-0.39, 0.29) is 11.8 Å². The molecule has 0 saturated carbocycles. The van der Waals surface area contributed by atoms with Gasteiger partial charge in [0, 0.05) is 17.9 Å². The maximum atomic E-state index is 12.5. The molecule has 1 aromatic carbocycles. The highest BCUT2D eigenvalue weighted by molar-refractivity contribution is 6.29. The van der Waals surface area contributed by atoms with E-state index in [2.05, 4.69) is 34.5 Å². The molecule has 1 unspecified atom stereocenters. The maximum Gasteiger partial charge on any atom is 0.226 e. The number of nitrogens with zero attached hydrogens (tertiary/aromatic N) is 4. The van der Waals surface area contributed by atoms with Gasteiger partial charge in [0.05, 0.1) is 12.3 Å². The fraction of sp³-hybridized carbons (Fsp3) is 0.333. The number of hydrogen-bond acceptors (Lipinski definition) is 5. The van der Waals surface area contributed by atoms with Crippen LogP contribution in [-0.2, 0) is 4.79 Å². The highest BCUT2D eigenvalue weighted by atomic mass is 35.5. The number of nitrogens with one attached hydrogen (secondary N) is 1. The molecule has 3 aromatic rings. The summed E-state index contributed by atoms with van der Waals surface area (Å²) < 4.78 is 7.38. The van der Waals surface area contributed by atoms with Crippen LogP contribution in [0.25, 0.3) is 5.82 Å². The number of benzene rings is 1. The predicted molar refractivity (Wildman–Crippen MR) is 111 cm³/mol. The molecule has 8 heteroatoms. The minimum absolute atomic E-state index is 0.0642. The van der Waals surface area contributed by atoms with Gasteiger partial charge in [0.15, 0.2) is 11.0 Å². The van der Waals surface area contributed by atoms with Crippen LogP contribution in [0.3, 0.4) is 0 Å². The average molecular weight is 412 g/mol. The van der Waals surface area contributed by atoms with E-state index in [0.29, 0.717) is 35.7 Å². The molecule has 29 heavy (non-hydrogen) atoms. The summed E-state index contributed by atoms with van der Waals surface area (Å²) in [4.78, 5) is 12.5. The van der Waals surface area contributed by atoms with Crippen molar-refractivity contribution in [2.75, 3.05) is 11.9 Å². The zero-order valence-electron chi connectivity index (χ0n) is 16.5. The highest BCUT2D eigenvalue weighted by Gasteiger charge is 2.33. The number of carbonyl (C=O) groups is 1. The van der Waals surface area contributed by atoms with Crippen LogP contribution < -0.4 is 10.1 Å². The second-order valence-electron chi connectivity index (χ2n) is 7.55. The van der Waals surface area contributed by atoms with Gasteiger partial charge in [-0.2, -0.15) is 9.78 Å². The molecule has 4 rings (SSSR count). The lowest BCUT2D eigenvalue weighted by atomic mass is 9.86. The normalized spacial score (nSPS) is 15.9. The summed E-state index contributed by atoms with van der Waals surface area (Å²) in [5.41, 5.74) is 2.86. The Bertz CT molecular complexity index is 1030. The van der Waals surface area contributed by atoms with E-state index in [0.717, 1.165) is 22.6 Å². The second-order valence-corrected chi connectivity index (χ2v) is 7.94. The molecule has 0 aliphatic carbocycles. The van der Waals surface area contributed by atoms with E-state index < -0.39 is 0 Å². The van der Waals surface area contributed by atoms with Gasteiger partial charge in [-0.1, -0.05) is 37.6 Å². The summed E-state index contributed by atoms with van der Waals surface area (Å²) >= 11 is 5.84. The van der Waals surface area contributed by atoms with Gasteiger partial charge in [-0.05, 0) is 42.7 Å². The van der Waals surface area contributed by atoms with Crippen molar-refractivity contribution in [3.8, 4) is 11.6 Å². The molecule has 1 aliphatic heterocycles. The predicted octanol–water partition coefficient (Wildman–Crippen LogP) is 4.13. The molecule has 7 nitrogen and oxygen atoms in total. The molecule has 1 N–H and O–H groups in total. The Morgan fingerprint density at radius 1 is 1.21 bits per heavy atom. The first-order valence-electron chi connectivity index (χ1n) is 9.54. The topological polar surface area (TPSA) is 81.9 Å². The third-order valence-electron chi connectivity index (χ3n) is 4.80. The molecule has 0 fully saturated rings. The van der Waals surface area contributed by atoms with Crippen LogP contribution in [0.5, 0.6) is 5.75 Å². The Morgan fingerprint density at radius 3 is 2.62 bits per heavy atom. The number of aromatic nitrogens is 4. The fourth-order valence-electron chi connectivity index (χ4n) is 3.48. The van der Waals surface area contributed by atoms with Gasteiger partial charge < -0.3 is 10.1 Å². The molecule has 150 valence electrons. The highest BCUT2D eigenvalue weighted by Crippen LogP contribution is 2.40. The SMILES string of the molecule is Cc1nn(-c2ccc(Cl)nn2)c2c1C(c1ccc(OCC(C)C)cc1)CC(=O)N2. The third kappa shape index (κ3) is 3.96. The van der Waals surface area contributed by atoms with Gasteiger partial charge in [0.1, 0.15) is 11.6 Å². The van der Waals surface area contributed by atoms with Crippen LogP contribution in [0.4, 0.5) is 5.82 Å². The molecule has 1 amide bonds. The smallest absolute Gasteiger partial charge is 0.226 e. The van der Waals surface area contributed by atoms with Crippen LogP contribution in [0.15, 0.2) is 36.4 Å². The van der Waals surface area contributed by atoms with Crippen molar-refractivity contribution >= 4 is 23.3 Å². The average Bonchev–Trinajstić information content (AvgIpc) is 3.03. The van der Waals surface area contributed by atoms with Gasteiger partial charge in [-0.25, -0.2) is 0 Å². The Hall–Kier alpha value is -2.93. The van der Waals surface area contributed by atoms with Crippen molar-refractivity contribution in [3.05, 3.63) is 58.4 Å². The van der Waals surface area contributed by atoms with Crippen LogP contribution >= 0.6 is 11.6 Å². The monoisotopic (exact) mass is 411 g/mol. The van der Waals surface area contributed by atoms with Crippen molar-refractivity contribution in [2.24, 2.45) is 5.92 Å². The molecule has 0 radical (unpaired) electrons. The van der Waals surface area contributed by atoms with Crippen molar-refractivity contribution in [2.45, 2.75) is 33.1 Å². The molecular weight excluding hydrogens is 390 g/mol. The van der Waals surface area contributed by atoms with E-state index in [1.807, 2.05) is 31.2 Å². The quantitative estimate of drug-likeness (QED) is 0.682. The first-order chi connectivity index (χ1) is 13.9. The van der Waals surface area contributed by atoms with Gasteiger partial charge in [0.2, 0.25) is 5.91 Å². The lowest BCUT2D eigenvalue weighted by molar-refractivity contribution is -0.116. The second kappa shape index (κ2) is 7.83. The number of halogens is 1. The van der Waals surface area contributed by atoms with Gasteiger partial charge in [-0.3, -0.25) is 4.79 Å². The van der Waals surface area contributed by atoms with Gasteiger partial charge >= 0.3 is 0 Å². The summed E-state index contributed by atoms with van der Waals surface area (Å²) in [6.07, 6.45) is 0.359. The van der Waals surface area contributed by atoms with Crippen molar-refractivity contribution in [3.63, 3.8) is 0 Å². The molecule has 0 saturated heterocycles. The molecule has 1 aliphatic rings. The van der Waals surface area contributed by atoms with E-state index in [1.165, 1.54) is 0 Å². The Labute approximate surface area is 174 Å². The van der Waals surface area contributed by atoms with E-state index in [1.54, 1.807) is 16.8 Å². The molecule has 2 aromatic heterocycles. The Kier molecular flexibility index (Phi) is 5.24. The van der Waals surface area contributed by atoms with Crippen molar-refractivity contribution in [1.29, 1.82) is 0 Å². The number of fused-ring (bicyclic) bond motifs is 1. The van der Waals surface area contributed by atoms with Gasteiger partial charge in [-0.15, -0.1) is 10.2 Å². The third-order valence-corrected chi connectivity index (χ3v) is 5.00. The zero-order valence-corrected chi connectivity index (χ0v) is 17.3. The first-order valence-corrected chi connectivity index (χ1v) is 9.92. The summed E-state index contributed by atoms with van der Waals surface area (Å²) in [5.74, 6) is 2.26. The number of amides is 1. The lowest BCUT2D eigenvalue weighted by Crippen LogP contribution is -2.25. The minimum Gasteiger partial charge on any atom is -0.493 e. The number of hydrogen-bond donors (Lipinski definition) is 1. The Morgan fingerprint density at radius 2 is 1.97 bits per heavy atom. The van der Waals surface area contributed by atoms with E-state index in [4.69, 9.17) is 16.3 Å². The number of anilines is 1. The van der Waals surface area contributed by atoms with Crippen molar-refractivity contribution in [1.82, 2.24) is 20.0 Å². The summed E-state index contributed by atoms with van der Waals surface area (Å²) in [6.45, 7) is 6.83. The fourth-order valence-corrected chi connectivity index (χ4v) is 3.58. The van der Waals surface area contributed by atoms with Crippen LogP contribution in [0.1, 0.15) is 43.0 Å². The van der Waals surface area contributed by atoms with E-state index >= 15 is 0 Å². The summed E-state index contributed by atoms with van der Waals surface area (Å²) in [6, 6.07) is 11.3. The maximum absolute atomic E-state index is 12.5. The standard InChI is InChI=1S/C21H22ClN5O2/c1-12(2)11-29-15-6-4-14(5-7-15)16-10-19(28)23-21-20(16)13(3)26-27(21)18-9-8-17(22)24-25-18/h4-9,12,16H,10-11H2,1-3H3,(H,23,28). The van der Waals surface area contributed by atoms with Gasteiger partial charge in [0.25, 0.3) is 0 Å². The van der Waals surface area contributed by atoms with Crippen LogP contribution in [0.2, 0.25) is 5.15 Å². The number of carbonyl (C=O) groups excluding carboxylic acids is 1. The number of aryl methyl sites for hydroxylation is 1. The first kappa shape index (κ1) is 19.4. The lowest BCUT2D eigenvalue weighted by Gasteiger charge is -2.24. The minimum atomic E-state index is -0.0908. The van der Waals surface area contributed by atoms with Crippen LogP contribution in [0, 0.1) is 12.8 Å². The van der Waals surface area contributed by atoms with Crippen LogP contribution in [-0.4, -0.2) is 32.5 Å². The summed E-state index contributed by atoms with van der Waals surface area (Å²) in [7, 11) is 0. The summed E-state index contributed by atoms with van der Waals surface area (Å²) in [5, 5.41) is 15.8. The van der Waals surface area contributed by atoms with E-state index in [9.17, 15) is 4.79 Å².